The molecule has 0 spiro atoms. The molecule has 0 aliphatic carbocycles. The van der Waals surface area contributed by atoms with Crippen LogP contribution in [0, 0.1) is 13.8 Å². The van der Waals surface area contributed by atoms with Gasteiger partial charge in [0.05, 0.1) is 11.3 Å². The average Bonchev–Trinajstić information content (AvgIpc) is 3.26. The SMILES string of the molecule is Cc1cc(C)cc(Nc2ncc3c(n2)CN(C2CCN(C(=O)c4ccc(C(=O)O)cc4)[C@@H](C)C2)C3)c1. The first kappa shape index (κ1) is 23.9. The average molecular weight is 486 g/mol. The monoisotopic (exact) mass is 485 g/mol. The van der Waals surface area contributed by atoms with Crippen molar-refractivity contribution in [2.75, 3.05) is 11.9 Å². The van der Waals surface area contributed by atoms with Crippen molar-refractivity contribution in [1.82, 2.24) is 19.8 Å². The Morgan fingerprint density at radius 3 is 2.39 bits per heavy atom. The summed E-state index contributed by atoms with van der Waals surface area (Å²) in [6, 6.07) is 12.9. The maximum atomic E-state index is 13.1. The number of anilines is 2. The summed E-state index contributed by atoms with van der Waals surface area (Å²) >= 11 is 0. The minimum absolute atomic E-state index is 0.0458. The molecule has 2 aromatic carbocycles. The molecule has 0 saturated carbocycles. The van der Waals surface area contributed by atoms with Crippen molar-refractivity contribution in [2.45, 2.75) is 58.8 Å². The molecule has 1 saturated heterocycles. The first-order valence-corrected chi connectivity index (χ1v) is 12.4. The highest BCUT2D eigenvalue weighted by Crippen LogP contribution is 2.31. The highest BCUT2D eigenvalue weighted by Gasteiger charge is 2.35. The molecule has 2 aliphatic rings. The van der Waals surface area contributed by atoms with Crippen LogP contribution in [0.4, 0.5) is 11.6 Å². The molecular weight excluding hydrogens is 454 g/mol. The standard InChI is InChI=1S/C28H31N5O3/c1-17-10-18(2)12-23(11-17)30-28-29-14-22-15-32(16-25(22)31-28)24-8-9-33(19(3)13-24)26(34)20-4-6-21(7-5-20)27(35)36/h4-7,10-12,14,19,24H,8-9,13,15-16H2,1-3H3,(H,35,36)(H,29,30,31)/t19-,24?/m0/s1. The second kappa shape index (κ2) is 9.70. The smallest absolute Gasteiger partial charge is 0.335 e. The summed E-state index contributed by atoms with van der Waals surface area (Å²) in [6.45, 7) is 8.51. The molecule has 0 bridgehead atoms. The first-order chi connectivity index (χ1) is 17.3. The third-order valence-corrected chi connectivity index (χ3v) is 7.16. The molecular formula is C28H31N5O3. The number of fused-ring (bicyclic) bond motifs is 1. The zero-order valence-electron chi connectivity index (χ0n) is 20.9. The molecule has 2 aliphatic heterocycles. The van der Waals surface area contributed by atoms with Gasteiger partial charge in [0.1, 0.15) is 0 Å². The fourth-order valence-electron chi connectivity index (χ4n) is 5.37. The second-order valence-electron chi connectivity index (χ2n) is 9.98. The minimum atomic E-state index is -0.993. The van der Waals surface area contributed by atoms with Crippen molar-refractivity contribution < 1.29 is 14.7 Å². The molecule has 3 heterocycles. The molecule has 36 heavy (non-hydrogen) atoms. The number of carboxylic acids is 1. The molecule has 186 valence electrons. The molecule has 8 heteroatoms. The number of piperidine rings is 1. The molecule has 1 amide bonds. The number of aryl methyl sites for hydroxylation is 2. The number of carbonyl (C=O) groups excluding carboxylic acids is 1. The van der Waals surface area contributed by atoms with Crippen molar-refractivity contribution >= 4 is 23.5 Å². The minimum Gasteiger partial charge on any atom is -0.478 e. The Labute approximate surface area is 211 Å². The highest BCUT2D eigenvalue weighted by molar-refractivity contribution is 5.96. The molecule has 2 atom stereocenters. The van der Waals surface area contributed by atoms with Crippen LogP contribution >= 0.6 is 0 Å². The van der Waals surface area contributed by atoms with Crippen molar-refractivity contribution in [2.24, 2.45) is 0 Å². The maximum absolute atomic E-state index is 13.1. The van der Waals surface area contributed by atoms with Gasteiger partial charge in [-0.1, -0.05) is 6.07 Å². The van der Waals surface area contributed by atoms with E-state index in [1.165, 1.54) is 23.3 Å². The summed E-state index contributed by atoms with van der Waals surface area (Å²) < 4.78 is 0. The van der Waals surface area contributed by atoms with Crippen LogP contribution in [0.15, 0.2) is 48.7 Å². The van der Waals surface area contributed by atoms with Crippen LogP contribution in [-0.2, 0) is 13.1 Å². The Hall–Kier alpha value is -3.78. The number of hydrogen-bond donors (Lipinski definition) is 2. The molecule has 1 aromatic heterocycles. The van der Waals surface area contributed by atoms with Gasteiger partial charge >= 0.3 is 5.97 Å². The van der Waals surface area contributed by atoms with Crippen LogP contribution in [0.3, 0.4) is 0 Å². The lowest BCUT2D eigenvalue weighted by atomic mass is 9.96. The van der Waals surface area contributed by atoms with E-state index in [-0.39, 0.29) is 17.5 Å². The fraction of sp³-hybridized carbons (Fsp3) is 0.357. The number of benzene rings is 2. The van der Waals surface area contributed by atoms with E-state index in [2.05, 4.69) is 54.2 Å². The summed E-state index contributed by atoms with van der Waals surface area (Å²) in [5.41, 5.74) is 6.31. The van der Waals surface area contributed by atoms with Gasteiger partial charge in [0.15, 0.2) is 0 Å². The number of rotatable bonds is 5. The van der Waals surface area contributed by atoms with E-state index in [1.807, 2.05) is 11.1 Å². The van der Waals surface area contributed by atoms with Crippen LogP contribution in [0.2, 0.25) is 0 Å². The lowest BCUT2D eigenvalue weighted by Gasteiger charge is -2.41. The Balaban J connectivity index is 1.21. The van der Waals surface area contributed by atoms with Gasteiger partial charge < -0.3 is 15.3 Å². The van der Waals surface area contributed by atoms with Crippen LogP contribution < -0.4 is 5.32 Å². The van der Waals surface area contributed by atoms with E-state index >= 15 is 0 Å². The predicted octanol–water partition coefficient (Wildman–Crippen LogP) is 4.54. The third-order valence-electron chi connectivity index (χ3n) is 7.16. The van der Waals surface area contributed by atoms with Crippen molar-refractivity contribution in [3.8, 4) is 0 Å². The zero-order chi connectivity index (χ0) is 25.4. The third kappa shape index (κ3) is 4.95. The number of carbonyl (C=O) groups is 2. The topological polar surface area (TPSA) is 98.7 Å². The Kier molecular flexibility index (Phi) is 6.45. The van der Waals surface area contributed by atoms with Crippen LogP contribution in [0.25, 0.3) is 0 Å². The zero-order valence-corrected chi connectivity index (χ0v) is 20.9. The van der Waals surface area contributed by atoms with E-state index < -0.39 is 5.97 Å². The van der Waals surface area contributed by atoms with E-state index in [0.717, 1.165) is 42.9 Å². The Morgan fingerprint density at radius 2 is 1.72 bits per heavy atom. The fourth-order valence-corrected chi connectivity index (χ4v) is 5.37. The molecule has 5 rings (SSSR count). The molecule has 1 unspecified atom stereocenters. The van der Waals surface area contributed by atoms with Gasteiger partial charge in [-0.3, -0.25) is 9.69 Å². The Bertz CT molecular complexity index is 1290. The van der Waals surface area contributed by atoms with Crippen molar-refractivity contribution in [1.29, 1.82) is 0 Å². The second-order valence-corrected chi connectivity index (χ2v) is 9.98. The number of nitrogens with zero attached hydrogens (tertiary/aromatic N) is 4. The normalized spacial score (nSPS) is 19.7. The number of hydrogen-bond acceptors (Lipinski definition) is 6. The largest absolute Gasteiger partial charge is 0.478 e. The van der Waals surface area contributed by atoms with Crippen molar-refractivity contribution in [3.05, 3.63) is 82.2 Å². The lowest BCUT2D eigenvalue weighted by molar-refractivity contribution is 0.0460. The number of likely N-dealkylation sites (tertiary alicyclic amines) is 1. The summed E-state index contributed by atoms with van der Waals surface area (Å²) in [7, 11) is 0. The maximum Gasteiger partial charge on any atom is 0.335 e. The van der Waals surface area contributed by atoms with Gasteiger partial charge in [-0.15, -0.1) is 0 Å². The van der Waals surface area contributed by atoms with Gasteiger partial charge in [-0.05, 0) is 81.1 Å². The van der Waals surface area contributed by atoms with Gasteiger partial charge in [0.25, 0.3) is 5.91 Å². The lowest BCUT2D eigenvalue weighted by Crippen LogP contribution is -2.50. The number of aromatic nitrogens is 2. The van der Waals surface area contributed by atoms with E-state index in [9.17, 15) is 9.59 Å². The van der Waals surface area contributed by atoms with Gasteiger partial charge in [-0.25, -0.2) is 14.8 Å². The predicted molar refractivity (Wildman–Crippen MR) is 137 cm³/mol. The van der Waals surface area contributed by atoms with Gasteiger partial charge in [0, 0.05) is 54.7 Å². The first-order valence-electron chi connectivity index (χ1n) is 12.4. The van der Waals surface area contributed by atoms with Crippen molar-refractivity contribution in [3.63, 3.8) is 0 Å². The number of aromatic carboxylic acids is 1. The summed E-state index contributed by atoms with van der Waals surface area (Å²) in [5, 5.41) is 12.4. The molecule has 8 nitrogen and oxygen atoms in total. The molecule has 2 N–H and O–H groups in total. The number of amides is 1. The highest BCUT2D eigenvalue weighted by atomic mass is 16.4. The molecule has 1 fully saturated rings. The van der Waals surface area contributed by atoms with Crippen LogP contribution in [0.1, 0.15) is 62.9 Å². The summed E-state index contributed by atoms with van der Waals surface area (Å²) in [5.74, 6) is -0.425. The van der Waals surface area contributed by atoms with Crippen LogP contribution in [0.5, 0.6) is 0 Å². The quantitative estimate of drug-likeness (QED) is 0.547. The van der Waals surface area contributed by atoms with Gasteiger partial charge in [0.2, 0.25) is 5.95 Å². The van der Waals surface area contributed by atoms with Gasteiger partial charge in [-0.2, -0.15) is 0 Å². The van der Waals surface area contributed by atoms with E-state index in [1.54, 1.807) is 12.1 Å². The van der Waals surface area contributed by atoms with Crippen LogP contribution in [-0.4, -0.2) is 55.4 Å². The van der Waals surface area contributed by atoms with E-state index in [0.29, 0.717) is 24.1 Å². The summed E-state index contributed by atoms with van der Waals surface area (Å²) in [4.78, 5) is 37.9. The Morgan fingerprint density at radius 1 is 1.03 bits per heavy atom. The number of nitrogens with one attached hydrogen (secondary N) is 1. The summed E-state index contributed by atoms with van der Waals surface area (Å²) in [6.07, 6.45) is 3.70. The molecule has 3 aromatic rings. The molecule has 0 radical (unpaired) electrons. The van der Waals surface area contributed by atoms with E-state index in [4.69, 9.17) is 10.1 Å². The number of carboxylic acid groups (broad SMARTS) is 1.